The second kappa shape index (κ2) is 7.13. The Morgan fingerprint density at radius 2 is 2.25 bits per heavy atom. The Bertz CT molecular complexity index is 159. The Labute approximate surface area is 78.2 Å². The zero-order valence-electron chi connectivity index (χ0n) is 7.32. The maximum atomic E-state index is 10.9. The summed E-state index contributed by atoms with van der Waals surface area (Å²) >= 11 is 5.50. The molecule has 0 fully saturated rings. The topological polar surface area (TPSA) is 41.1 Å². The minimum Gasteiger partial charge on any atom is -0.356 e. The fourth-order valence-electron chi connectivity index (χ4n) is 0.711. The van der Waals surface area contributed by atoms with Gasteiger partial charge in [0, 0.05) is 31.1 Å². The zero-order valence-corrected chi connectivity index (χ0v) is 8.08. The molecule has 3 nitrogen and oxygen atoms in total. The monoisotopic (exact) mass is 190 g/mol. The lowest BCUT2D eigenvalue weighted by molar-refractivity contribution is -0.120. The van der Waals surface area contributed by atoms with Crippen LogP contribution >= 0.6 is 11.6 Å². The third kappa shape index (κ3) is 7.57. The quantitative estimate of drug-likeness (QED) is 0.610. The molecule has 1 amide bonds. The predicted molar refractivity (Wildman–Crippen MR) is 51.2 cm³/mol. The smallest absolute Gasteiger partial charge is 0.221 e. The molecular formula is C8H15ClN2O. The third-order valence-electron chi connectivity index (χ3n) is 1.22. The molecule has 0 aliphatic rings. The Hall–Kier alpha value is -0.540. The summed E-state index contributed by atoms with van der Waals surface area (Å²) in [4.78, 5) is 10.9. The molecule has 2 N–H and O–H groups in total. The van der Waals surface area contributed by atoms with E-state index in [1.807, 2.05) is 6.92 Å². The van der Waals surface area contributed by atoms with Crippen LogP contribution in [0.25, 0.3) is 0 Å². The highest BCUT2D eigenvalue weighted by atomic mass is 35.5. The Morgan fingerprint density at radius 3 is 2.75 bits per heavy atom. The van der Waals surface area contributed by atoms with Crippen molar-refractivity contribution in [2.45, 2.75) is 13.3 Å². The van der Waals surface area contributed by atoms with Crippen molar-refractivity contribution < 1.29 is 4.79 Å². The Kier molecular flexibility index (Phi) is 6.81. The third-order valence-corrected chi connectivity index (χ3v) is 1.35. The second-order valence-corrected chi connectivity index (χ2v) is 2.93. The first-order chi connectivity index (χ1) is 5.66. The van der Waals surface area contributed by atoms with Gasteiger partial charge in [0.25, 0.3) is 0 Å². The van der Waals surface area contributed by atoms with E-state index in [2.05, 4.69) is 17.2 Å². The number of hydrogen-bond donors (Lipinski definition) is 2. The van der Waals surface area contributed by atoms with Gasteiger partial charge in [0.15, 0.2) is 0 Å². The minimum absolute atomic E-state index is 0.0604. The molecule has 0 aromatic rings. The Balaban J connectivity index is 3.19. The van der Waals surface area contributed by atoms with Gasteiger partial charge >= 0.3 is 0 Å². The molecule has 0 bridgehead atoms. The van der Waals surface area contributed by atoms with Gasteiger partial charge in [0.2, 0.25) is 5.91 Å². The fourth-order valence-corrected chi connectivity index (χ4v) is 0.806. The maximum Gasteiger partial charge on any atom is 0.221 e. The molecule has 0 atom stereocenters. The average Bonchev–Trinajstić information content (AvgIpc) is 1.98. The summed E-state index contributed by atoms with van der Waals surface area (Å²) < 4.78 is 0. The molecule has 0 aromatic carbocycles. The van der Waals surface area contributed by atoms with Gasteiger partial charge in [-0.05, 0) is 6.92 Å². The summed E-state index contributed by atoms with van der Waals surface area (Å²) in [6.45, 7) is 7.28. The SMILES string of the molecule is C=C(Cl)CNCCC(=O)NCC. The van der Waals surface area contributed by atoms with Gasteiger partial charge in [0.1, 0.15) is 0 Å². The van der Waals surface area contributed by atoms with E-state index < -0.39 is 0 Å². The van der Waals surface area contributed by atoms with Crippen molar-refractivity contribution >= 4 is 17.5 Å². The Morgan fingerprint density at radius 1 is 1.58 bits per heavy atom. The molecule has 0 heterocycles. The van der Waals surface area contributed by atoms with Crippen LogP contribution in [0, 0.1) is 0 Å². The summed E-state index contributed by atoms with van der Waals surface area (Å²) in [6, 6.07) is 0. The second-order valence-electron chi connectivity index (χ2n) is 2.40. The van der Waals surface area contributed by atoms with E-state index >= 15 is 0 Å². The van der Waals surface area contributed by atoms with Crippen LogP contribution in [-0.4, -0.2) is 25.5 Å². The molecule has 0 rings (SSSR count). The van der Waals surface area contributed by atoms with Crippen LogP contribution in [0.4, 0.5) is 0 Å². The van der Waals surface area contributed by atoms with E-state index in [-0.39, 0.29) is 5.91 Å². The highest BCUT2D eigenvalue weighted by Crippen LogP contribution is 1.91. The standard InChI is InChI=1S/C8H15ClN2O/c1-3-11-8(12)4-5-10-6-7(2)9/h10H,2-6H2,1H3,(H,11,12). The summed E-state index contributed by atoms with van der Waals surface area (Å²) in [5.41, 5.74) is 0. The number of hydrogen-bond acceptors (Lipinski definition) is 2. The number of nitrogens with one attached hydrogen (secondary N) is 2. The molecule has 0 saturated heterocycles. The van der Waals surface area contributed by atoms with E-state index in [1.54, 1.807) is 0 Å². The molecule has 12 heavy (non-hydrogen) atoms. The number of carbonyl (C=O) groups excluding carboxylic acids is 1. The first kappa shape index (κ1) is 11.5. The van der Waals surface area contributed by atoms with Gasteiger partial charge in [-0.15, -0.1) is 0 Å². The number of rotatable bonds is 6. The number of carbonyl (C=O) groups is 1. The van der Waals surface area contributed by atoms with Gasteiger partial charge in [-0.1, -0.05) is 18.2 Å². The van der Waals surface area contributed by atoms with Crippen LogP contribution in [0.15, 0.2) is 11.6 Å². The average molecular weight is 191 g/mol. The number of halogens is 1. The van der Waals surface area contributed by atoms with Gasteiger partial charge in [0.05, 0.1) is 0 Å². The molecule has 0 spiro atoms. The van der Waals surface area contributed by atoms with Crippen LogP contribution < -0.4 is 10.6 Å². The van der Waals surface area contributed by atoms with E-state index in [4.69, 9.17) is 11.6 Å². The summed E-state index contributed by atoms with van der Waals surface area (Å²) in [6.07, 6.45) is 0.484. The van der Waals surface area contributed by atoms with E-state index in [0.29, 0.717) is 31.1 Å². The van der Waals surface area contributed by atoms with Crippen LogP contribution in [-0.2, 0) is 4.79 Å². The highest BCUT2D eigenvalue weighted by Gasteiger charge is 1.97. The van der Waals surface area contributed by atoms with Gasteiger partial charge in [-0.25, -0.2) is 0 Å². The fraction of sp³-hybridized carbons (Fsp3) is 0.625. The van der Waals surface area contributed by atoms with Crippen molar-refractivity contribution in [3.8, 4) is 0 Å². The minimum atomic E-state index is 0.0604. The predicted octanol–water partition coefficient (Wildman–Crippen LogP) is 0.855. The van der Waals surface area contributed by atoms with Gasteiger partial charge in [-0.3, -0.25) is 4.79 Å². The van der Waals surface area contributed by atoms with Crippen LogP contribution in [0.5, 0.6) is 0 Å². The molecular weight excluding hydrogens is 176 g/mol. The molecule has 70 valence electrons. The lowest BCUT2D eigenvalue weighted by Gasteiger charge is -2.03. The summed E-state index contributed by atoms with van der Waals surface area (Å²) in [5.74, 6) is 0.0604. The molecule has 0 unspecified atom stereocenters. The van der Waals surface area contributed by atoms with Gasteiger partial charge < -0.3 is 10.6 Å². The lowest BCUT2D eigenvalue weighted by Crippen LogP contribution is -2.27. The number of amides is 1. The first-order valence-electron chi connectivity index (χ1n) is 3.97. The van der Waals surface area contributed by atoms with Crippen LogP contribution in [0.1, 0.15) is 13.3 Å². The molecule has 0 aliphatic heterocycles. The zero-order chi connectivity index (χ0) is 9.40. The van der Waals surface area contributed by atoms with Crippen molar-refractivity contribution in [3.05, 3.63) is 11.6 Å². The first-order valence-corrected chi connectivity index (χ1v) is 4.35. The van der Waals surface area contributed by atoms with E-state index in [1.165, 1.54) is 0 Å². The van der Waals surface area contributed by atoms with Crippen LogP contribution in [0.2, 0.25) is 0 Å². The maximum absolute atomic E-state index is 10.9. The molecule has 4 heteroatoms. The summed E-state index contributed by atoms with van der Waals surface area (Å²) in [5, 5.41) is 6.24. The van der Waals surface area contributed by atoms with Crippen molar-refractivity contribution in [1.82, 2.24) is 10.6 Å². The lowest BCUT2D eigenvalue weighted by atomic mass is 10.4. The van der Waals surface area contributed by atoms with Crippen molar-refractivity contribution in [2.75, 3.05) is 19.6 Å². The van der Waals surface area contributed by atoms with E-state index in [9.17, 15) is 4.79 Å². The normalized spacial score (nSPS) is 9.50. The molecule has 0 aliphatic carbocycles. The van der Waals surface area contributed by atoms with E-state index in [0.717, 1.165) is 0 Å². The van der Waals surface area contributed by atoms with Gasteiger partial charge in [-0.2, -0.15) is 0 Å². The van der Waals surface area contributed by atoms with Crippen molar-refractivity contribution in [1.29, 1.82) is 0 Å². The van der Waals surface area contributed by atoms with Crippen molar-refractivity contribution in [2.24, 2.45) is 0 Å². The summed E-state index contributed by atoms with van der Waals surface area (Å²) in [7, 11) is 0. The molecule has 0 saturated carbocycles. The molecule has 0 aromatic heterocycles. The largest absolute Gasteiger partial charge is 0.356 e. The van der Waals surface area contributed by atoms with Crippen molar-refractivity contribution in [3.63, 3.8) is 0 Å². The highest BCUT2D eigenvalue weighted by molar-refractivity contribution is 6.29. The van der Waals surface area contributed by atoms with Crippen LogP contribution in [0.3, 0.4) is 0 Å². The molecule has 0 radical (unpaired) electrons.